The molecule has 0 heterocycles. The smallest absolute Gasteiger partial charge is 0.251 e. The molecule has 2 aliphatic rings. The van der Waals surface area contributed by atoms with E-state index in [4.69, 9.17) is 0 Å². The maximum absolute atomic E-state index is 12.9. The Kier molecular flexibility index (Phi) is 8.50. The summed E-state index contributed by atoms with van der Waals surface area (Å²) in [7, 11) is 0. The van der Waals surface area contributed by atoms with E-state index in [1.165, 1.54) is 12.8 Å². The van der Waals surface area contributed by atoms with Gasteiger partial charge in [0.2, 0.25) is 5.91 Å². The molecule has 3 rings (SSSR count). The molecule has 3 amide bonds. The summed E-state index contributed by atoms with van der Waals surface area (Å²) in [6.07, 6.45) is 11.3. The van der Waals surface area contributed by atoms with E-state index in [9.17, 15) is 14.4 Å². The van der Waals surface area contributed by atoms with Gasteiger partial charge >= 0.3 is 0 Å². The summed E-state index contributed by atoms with van der Waals surface area (Å²) in [4.78, 5) is 38.2. The molecule has 31 heavy (non-hydrogen) atoms. The molecule has 0 aromatic heterocycles. The van der Waals surface area contributed by atoms with Crippen LogP contribution in [0.15, 0.2) is 18.2 Å². The number of carbonyl (C=O) groups excluding carboxylic acids is 3. The largest absolute Gasteiger partial charge is 0.349 e. The summed E-state index contributed by atoms with van der Waals surface area (Å²) in [6.45, 7) is 3.97. The Bertz CT molecular complexity index is 728. The molecule has 0 atom stereocenters. The van der Waals surface area contributed by atoms with Crippen LogP contribution in [0.25, 0.3) is 0 Å². The van der Waals surface area contributed by atoms with Crippen molar-refractivity contribution in [3.63, 3.8) is 0 Å². The monoisotopic (exact) mass is 427 g/mol. The number of hydrogen-bond donors (Lipinski definition) is 3. The molecule has 6 nitrogen and oxygen atoms in total. The van der Waals surface area contributed by atoms with Crippen LogP contribution in [0.4, 0.5) is 5.69 Å². The highest BCUT2D eigenvalue weighted by Gasteiger charge is 2.21. The van der Waals surface area contributed by atoms with Gasteiger partial charge in [0, 0.05) is 35.3 Å². The zero-order chi connectivity index (χ0) is 22.2. The molecule has 170 valence electrons. The van der Waals surface area contributed by atoms with Crippen LogP contribution in [0, 0.1) is 5.92 Å². The van der Waals surface area contributed by atoms with E-state index in [1.807, 2.05) is 13.8 Å². The minimum atomic E-state index is -0.182. The summed E-state index contributed by atoms with van der Waals surface area (Å²) < 4.78 is 0. The van der Waals surface area contributed by atoms with Crippen LogP contribution in [-0.4, -0.2) is 29.8 Å². The van der Waals surface area contributed by atoms with Crippen LogP contribution in [0.3, 0.4) is 0 Å². The lowest BCUT2D eigenvalue weighted by molar-refractivity contribution is -0.116. The number of carbonyl (C=O) groups is 3. The van der Waals surface area contributed by atoms with Crippen molar-refractivity contribution in [1.29, 1.82) is 0 Å². The van der Waals surface area contributed by atoms with Crippen LogP contribution in [0.2, 0.25) is 0 Å². The zero-order valence-electron chi connectivity index (χ0n) is 19.0. The zero-order valence-corrected chi connectivity index (χ0v) is 19.0. The van der Waals surface area contributed by atoms with Crippen LogP contribution in [0.5, 0.6) is 0 Å². The van der Waals surface area contributed by atoms with Crippen molar-refractivity contribution in [3.8, 4) is 0 Å². The fourth-order valence-electron chi connectivity index (χ4n) is 4.58. The molecule has 6 heteroatoms. The fraction of sp³-hybridized carbons (Fsp3) is 0.640. The molecule has 1 aromatic carbocycles. The molecular formula is C25H37N3O3. The number of amides is 3. The second kappa shape index (κ2) is 11.3. The molecule has 0 unspecified atom stereocenters. The average molecular weight is 428 g/mol. The second-order valence-electron chi connectivity index (χ2n) is 9.56. The lowest BCUT2D eigenvalue weighted by Crippen LogP contribution is -2.37. The maximum atomic E-state index is 12.9. The van der Waals surface area contributed by atoms with Crippen LogP contribution in [-0.2, 0) is 4.79 Å². The minimum absolute atomic E-state index is 0.113. The molecule has 2 aliphatic carbocycles. The maximum Gasteiger partial charge on any atom is 0.251 e. The SMILES string of the molecule is CC(C)CC(=O)Nc1cc(C(=O)NC2CCCCC2)cc(C(=O)NC2CCCCC2)c1. The fourth-order valence-corrected chi connectivity index (χ4v) is 4.58. The van der Waals surface area contributed by atoms with E-state index < -0.39 is 0 Å². The van der Waals surface area contributed by atoms with Crippen LogP contribution in [0.1, 0.15) is 105 Å². The summed E-state index contributed by atoms with van der Waals surface area (Å²) in [5.41, 5.74) is 1.33. The summed E-state index contributed by atoms with van der Waals surface area (Å²) in [6, 6.07) is 5.36. The average Bonchev–Trinajstić information content (AvgIpc) is 2.74. The van der Waals surface area contributed by atoms with Gasteiger partial charge in [-0.3, -0.25) is 14.4 Å². The summed E-state index contributed by atoms with van der Waals surface area (Å²) in [5, 5.41) is 9.10. The molecule has 0 aliphatic heterocycles. The molecule has 0 spiro atoms. The lowest BCUT2D eigenvalue weighted by atomic mass is 9.94. The second-order valence-corrected chi connectivity index (χ2v) is 9.56. The van der Waals surface area contributed by atoms with Crippen molar-refractivity contribution in [2.45, 2.75) is 96.6 Å². The third kappa shape index (κ3) is 7.37. The number of nitrogens with one attached hydrogen (secondary N) is 3. The highest BCUT2D eigenvalue weighted by atomic mass is 16.2. The molecule has 0 radical (unpaired) electrons. The van der Waals surface area contributed by atoms with E-state index in [2.05, 4.69) is 16.0 Å². The van der Waals surface area contributed by atoms with Crippen molar-refractivity contribution < 1.29 is 14.4 Å². The summed E-state index contributed by atoms with van der Waals surface area (Å²) in [5.74, 6) is -0.248. The minimum Gasteiger partial charge on any atom is -0.349 e. The first-order valence-electron chi connectivity index (χ1n) is 12.0. The van der Waals surface area contributed by atoms with Gasteiger partial charge in [0.1, 0.15) is 0 Å². The normalized spacial score (nSPS) is 17.9. The Morgan fingerprint density at radius 1 is 0.774 bits per heavy atom. The number of rotatable bonds is 7. The van der Waals surface area contributed by atoms with Gasteiger partial charge in [-0.2, -0.15) is 0 Å². The molecule has 0 bridgehead atoms. The Balaban J connectivity index is 1.77. The predicted octanol–water partition coefficient (Wildman–Crippen LogP) is 4.80. The first kappa shape index (κ1) is 23.3. The number of hydrogen-bond acceptors (Lipinski definition) is 3. The third-order valence-electron chi connectivity index (χ3n) is 6.22. The Morgan fingerprint density at radius 3 is 1.65 bits per heavy atom. The van der Waals surface area contributed by atoms with Crippen LogP contribution >= 0.6 is 0 Å². The quantitative estimate of drug-likeness (QED) is 0.584. The van der Waals surface area contributed by atoms with E-state index >= 15 is 0 Å². The predicted molar refractivity (Wildman–Crippen MR) is 123 cm³/mol. The molecule has 2 saturated carbocycles. The molecular weight excluding hydrogens is 390 g/mol. The van der Waals surface area contributed by atoms with Crippen molar-refractivity contribution in [1.82, 2.24) is 10.6 Å². The molecule has 1 aromatic rings. The van der Waals surface area contributed by atoms with Gasteiger partial charge in [-0.15, -0.1) is 0 Å². The van der Waals surface area contributed by atoms with Gasteiger partial charge in [0.25, 0.3) is 11.8 Å². The van der Waals surface area contributed by atoms with E-state index in [0.717, 1.165) is 51.4 Å². The van der Waals surface area contributed by atoms with Gasteiger partial charge in [-0.1, -0.05) is 52.4 Å². The third-order valence-corrected chi connectivity index (χ3v) is 6.22. The van der Waals surface area contributed by atoms with Crippen molar-refractivity contribution in [3.05, 3.63) is 29.3 Å². The van der Waals surface area contributed by atoms with Gasteiger partial charge < -0.3 is 16.0 Å². The topological polar surface area (TPSA) is 87.3 Å². The Morgan fingerprint density at radius 2 is 1.23 bits per heavy atom. The highest BCUT2D eigenvalue weighted by molar-refractivity contribution is 6.02. The van der Waals surface area contributed by atoms with Crippen molar-refractivity contribution >= 4 is 23.4 Å². The van der Waals surface area contributed by atoms with Gasteiger partial charge in [0.15, 0.2) is 0 Å². The Labute approximate surface area is 185 Å². The van der Waals surface area contributed by atoms with E-state index in [-0.39, 0.29) is 35.7 Å². The standard InChI is InChI=1S/C25H37N3O3/c1-17(2)13-23(29)26-22-15-18(24(30)27-20-9-5-3-6-10-20)14-19(16-22)25(31)28-21-11-7-4-8-12-21/h14-17,20-21H,3-13H2,1-2H3,(H,26,29)(H,27,30)(H,28,31). The van der Waals surface area contributed by atoms with Gasteiger partial charge in [-0.05, 0) is 49.8 Å². The van der Waals surface area contributed by atoms with Crippen molar-refractivity contribution in [2.24, 2.45) is 5.92 Å². The number of anilines is 1. The molecule has 0 saturated heterocycles. The molecule has 3 N–H and O–H groups in total. The molecule has 2 fully saturated rings. The first-order chi connectivity index (χ1) is 14.9. The number of benzene rings is 1. The van der Waals surface area contributed by atoms with E-state index in [1.54, 1.807) is 18.2 Å². The lowest BCUT2D eigenvalue weighted by Gasteiger charge is -2.24. The van der Waals surface area contributed by atoms with E-state index in [0.29, 0.717) is 23.2 Å². The first-order valence-corrected chi connectivity index (χ1v) is 12.0. The van der Waals surface area contributed by atoms with Gasteiger partial charge in [0.05, 0.1) is 0 Å². The highest BCUT2D eigenvalue weighted by Crippen LogP contribution is 2.22. The van der Waals surface area contributed by atoms with Gasteiger partial charge in [-0.25, -0.2) is 0 Å². The van der Waals surface area contributed by atoms with Crippen molar-refractivity contribution in [2.75, 3.05) is 5.32 Å². The summed E-state index contributed by atoms with van der Waals surface area (Å²) >= 11 is 0. The Hall–Kier alpha value is -2.37. The van der Waals surface area contributed by atoms with Crippen LogP contribution < -0.4 is 16.0 Å².